The molecule has 1 fully saturated rings. The fraction of sp³-hybridized carbons (Fsp3) is 0.432. The Morgan fingerprint density at radius 2 is 1.60 bits per heavy atom. The van der Waals surface area contributed by atoms with E-state index >= 15 is 0 Å². The molecule has 1 aliphatic heterocycles. The SMILES string of the molecule is Cc1ccc(OCCN(C(=O)C2=C(c3ccc(CCCOc4c(C)ccc(C)c4C)cc3)CCNC2)C2CC2)cc1C. The molecule has 5 heteroatoms. The van der Waals surface area contributed by atoms with Gasteiger partial charge < -0.3 is 19.7 Å². The molecule has 1 aliphatic carbocycles. The number of hydrogen-bond acceptors (Lipinski definition) is 4. The van der Waals surface area contributed by atoms with Gasteiger partial charge in [-0.3, -0.25) is 4.79 Å². The maximum Gasteiger partial charge on any atom is 0.251 e. The largest absolute Gasteiger partial charge is 0.493 e. The van der Waals surface area contributed by atoms with Gasteiger partial charge in [-0.2, -0.15) is 0 Å². The second-order valence-electron chi connectivity index (χ2n) is 12.0. The molecule has 3 aromatic rings. The highest BCUT2D eigenvalue weighted by molar-refractivity contribution is 6.02. The third-order valence-corrected chi connectivity index (χ3v) is 8.84. The summed E-state index contributed by atoms with van der Waals surface area (Å²) in [7, 11) is 0. The van der Waals surface area contributed by atoms with E-state index in [4.69, 9.17) is 9.47 Å². The second kappa shape index (κ2) is 13.6. The molecule has 0 aromatic heterocycles. The quantitative estimate of drug-likeness (QED) is 0.239. The number of benzene rings is 3. The van der Waals surface area contributed by atoms with Gasteiger partial charge >= 0.3 is 0 Å². The maximum absolute atomic E-state index is 13.9. The van der Waals surface area contributed by atoms with E-state index in [1.807, 2.05) is 6.07 Å². The van der Waals surface area contributed by atoms with Crippen molar-refractivity contribution in [1.29, 1.82) is 0 Å². The lowest BCUT2D eigenvalue weighted by atomic mass is 9.92. The highest BCUT2D eigenvalue weighted by Gasteiger charge is 2.35. The third kappa shape index (κ3) is 7.25. The molecule has 5 nitrogen and oxygen atoms in total. The number of aryl methyl sites for hydroxylation is 5. The molecule has 1 heterocycles. The molecule has 0 spiro atoms. The summed E-state index contributed by atoms with van der Waals surface area (Å²) in [6, 6.07) is 19.6. The normalized spacial score (nSPS) is 15.1. The number of hydrogen-bond donors (Lipinski definition) is 1. The fourth-order valence-electron chi connectivity index (χ4n) is 5.75. The lowest BCUT2D eigenvalue weighted by molar-refractivity contribution is -0.128. The first kappa shape index (κ1) is 29.9. The molecule has 1 N–H and O–H groups in total. The van der Waals surface area contributed by atoms with E-state index < -0.39 is 0 Å². The first-order valence-electron chi connectivity index (χ1n) is 15.5. The average molecular weight is 567 g/mol. The van der Waals surface area contributed by atoms with Crippen molar-refractivity contribution < 1.29 is 14.3 Å². The van der Waals surface area contributed by atoms with Crippen LogP contribution in [0.25, 0.3) is 5.57 Å². The highest BCUT2D eigenvalue weighted by atomic mass is 16.5. The summed E-state index contributed by atoms with van der Waals surface area (Å²) in [5.74, 6) is 2.05. The molecule has 0 atom stereocenters. The molecule has 42 heavy (non-hydrogen) atoms. The monoisotopic (exact) mass is 566 g/mol. The molecule has 3 aromatic carbocycles. The lowest BCUT2D eigenvalue weighted by Crippen LogP contribution is -2.41. The van der Waals surface area contributed by atoms with Crippen LogP contribution in [-0.4, -0.2) is 49.7 Å². The van der Waals surface area contributed by atoms with Gasteiger partial charge in [-0.25, -0.2) is 0 Å². The molecule has 5 rings (SSSR count). The molecule has 222 valence electrons. The van der Waals surface area contributed by atoms with Crippen LogP contribution >= 0.6 is 0 Å². The minimum absolute atomic E-state index is 0.159. The molecule has 0 saturated heterocycles. The number of carbonyl (C=O) groups is 1. The topological polar surface area (TPSA) is 50.8 Å². The second-order valence-corrected chi connectivity index (χ2v) is 12.0. The summed E-state index contributed by atoms with van der Waals surface area (Å²) in [5, 5.41) is 3.44. The Balaban J connectivity index is 1.20. The highest BCUT2D eigenvalue weighted by Crippen LogP contribution is 2.32. The zero-order chi connectivity index (χ0) is 29.6. The Bertz CT molecular complexity index is 1440. The van der Waals surface area contributed by atoms with Crippen molar-refractivity contribution in [2.45, 2.75) is 72.8 Å². The molecule has 0 unspecified atom stereocenters. The van der Waals surface area contributed by atoms with E-state index in [2.05, 4.69) is 93.4 Å². The van der Waals surface area contributed by atoms with E-state index in [1.54, 1.807) is 0 Å². The van der Waals surface area contributed by atoms with Gasteiger partial charge in [0.2, 0.25) is 0 Å². The number of nitrogens with one attached hydrogen (secondary N) is 1. The van der Waals surface area contributed by atoms with Gasteiger partial charge in [-0.15, -0.1) is 0 Å². The number of rotatable bonds is 12. The van der Waals surface area contributed by atoms with Gasteiger partial charge in [0.05, 0.1) is 13.2 Å². The number of carbonyl (C=O) groups excluding carboxylic acids is 1. The van der Waals surface area contributed by atoms with E-state index in [-0.39, 0.29) is 5.91 Å². The van der Waals surface area contributed by atoms with E-state index in [0.29, 0.717) is 32.3 Å². The Morgan fingerprint density at radius 1 is 0.857 bits per heavy atom. The predicted molar refractivity (Wildman–Crippen MR) is 171 cm³/mol. The van der Waals surface area contributed by atoms with Crippen molar-refractivity contribution in [2.24, 2.45) is 0 Å². The summed E-state index contributed by atoms with van der Waals surface area (Å²) in [6.45, 7) is 13.9. The van der Waals surface area contributed by atoms with Crippen LogP contribution in [0.4, 0.5) is 0 Å². The summed E-state index contributed by atoms with van der Waals surface area (Å²) < 4.78 is 12.2. The van der Waals surface area contributed by atoms with Gasteiger partial charge in [-0.05, 0) is 130 Å². The molecule has 1 amide bonds. The van der Waals surface area contributed by atoms with Crippen LogP contribution in [0.5, 0.6) is 11.5 Å². The van der Waals surface area contributed by atoms with Crippen molar-refractivity contribution >= 4 is 11.5 Å². The molecule has 0 radical (unpaired) electrons. The summed E-state index contributed by atoms with van der Waals surface area (Å²) >= 11 is 0. The molecular weight excluding hydrogens is 520 g/mol. The van der Waals surface area contributed by atoms with E-state index in [0.717, 1.165) is 61.3 Å². The smallest absolute Gasteiger partial charge is 0.251 e. The Kier molecular flexibility index (Phi) is 9.69. The minimum Gasteiger partial charge on any atom is -0.493 e. The Labute approximate surface area is 251 Å². The van der Waals surface area contributed by atoms with Crippen LogP contribution in [0.2, 0.25) is 0 Å². The van der Waals surface area contributed by atoms with Gasteiger partial charge in [0, 0.05) is 18.2 Å². The molecular formula is C37H46N2O3. The van der Waals surface area contributed by atoms with E-state index in [9.17, 15) is 4.79 Å². The number of ether oxygens (including phenoxy) is 2. The number of amides is 1. The predicted octanol–water partition coefficient (Wildman–Crippen LogP) is 7.06. The van der Waals surface area contributed by atoms with Gasteiger partial charge in [-0.1, -0.05) is 42.5 Å². The van der Waals surface area contributed by atoms with Crippen molar-refractivity contribution in [3.8, 4) is 11.5 Å². The third-order valence-electron chi connectivity index (χ3n) is 8.84. The van der Waals surface area contributed by atoms with Crippen LogP contribution in [0, 0.1) is 34.6 Å². The van der Waals surface area contributed by atoms with Crippen molar-refractivity contribution in [3.63, 3.8) is 0 Å². The van der Waals surface area contributed by atoms with Crippen LogP contribution in [0.15, 0.2) is 60.2 Å². The fourth-order valence-corrected chi connectivity index (χ4v) is 5.75. The molecule has 0 bridgehead atoms. The summed E-state index contributed by atoms with van der Waals surface area (Å²) in [4.78, 5) is 15.9. The van der Waals surface area contributed by atoms with Crippen molar-refractivity contribution in [2.75, 3.05) is 32.8 Å². The Hall–Kier alpha value is -3.57. The average Bonchev–Trinajstić information content (AvgIpc) is 3.84. The summed E-state index contributed by atoms with van der Waals surface area (Å²) in [6.07, 6.45) is 4.94. The Morgan fingerprint density at radius 3 is 2.33 bits per heavy atom. The zero-order valence-corrected chi connectivity index (χ0v) is 26.0. The van der Waals surface area contributed by atoms with Gasteiger partial charge in [0.15, 0.2) is 0 Å². The van der Waals surface area contributed by atoms with Crippen LogP contribution in [-0.2, 0) is 11.2 Å². The van der Waals surface area contributed by atoms with Crippen molar-refractivity contribution in [3.05, 3.63) is 99.1 Å². The summed E-state index contributed by atoms with van der Waals surface area (Å²) in [5.41, 5.74) is 10.7. The maximum atomic E-state index is 13.9. The first-order chi connectivity index (χ1) is 20.3. The van der Waals surface area contributed by atoms with E-state index in [1.165, 1.54) is 39.0 Å². The standard InChI is InChI=1S/C37H46N2O3/c1-25-10-17-33(23-28(25)4)41-22-20-39(32-15-16-32)37(40)35-24-38-19-18-34(35)31-13-11-30(12-14-31)7-6-21-42-36-27(3)9-8-26(2)29(36)5/h8-14,17,23,32,38H,6-7,15-16,18-22,24H2,1-5H3. The first-order valence-corrected chi connectivity index (χ1v) is 15.5. The molecule has 1 saturated carbocycles. The molecule has 2 aliphatic rings. The van der Waals surface area contributed by atoms with Gasteiger partial charge in [0.25, 0.3) is 5.91 Å². The lowest BCUT2D eigenvalue weighted by Gasteiger charge is -2.28. The van der Waals surface area contributed by atoms with Crippen LogP contribution < -0.4 is 14.8 Å². The van der Waals surface area contributed by atoms with Crippen LogP contribution in [0.3, 0.4) is 0 Å². The number of nitrogens with zero attached hydrogens (tertiary/aromatic N) is 1. The minimum atomic E-state index is 0.159. The zero-order valence-electron chi connectivity index (χ0n) is 26.0. The van der Waals surface area contributed by atoms with Gasteiger partial charge in [0.1, 0.15) is 18.1 Å². The van der Waals surface area contributed by atoms with Crippen molar-refractivity contribution in [1.82, 2.24) is 10.2 Å². The van der Waals surface area contributed by atoms with Crippen LogP contribution in [0.1, 0.15) is 64.6 Å².